The molecular weight excluding hydrogens is 574 g/mol. The number of ether oxygens (including phenoxy) is 1. The van der Waals surface area contributed by atoms with E-state index in [1.807, 2.05) is 54.0 Å². The van der Waals surface area contributed by atoms with Gasteiger partial charge < -0.3 is 18.6 Å². The number of likely N-dealkylation sites (tertiary alicyclic amines) is 1. The number of carbonyl (C=O) groups excluding carboxylic acids is 2. The Morgan fingerprint density at radius 1 is 1.13 bits per heavy atom. The third-order valence-corrected chi connectivity index (χ3v) is 13.6. The van der Waals surface area contributed by atoms with Crippen LogP contribution < -0.4 is 0 Å². The predicted molar refractivity (Wildman–Crippen MR) is 160 cm³/mol. The number of benzene rings is 2. The zero-order valence-electron chi connectivity index (χ0n) is 23.9. The summed E-state index contributed by atoms with van der Waals surface area (Å²) in [6, 6.07) is 13.3. The van der Waals surface area contributed by atoms with Crippen molar-refractivity contribution in [3.63, 3.8) is 0 Å². The lowest BCUT2D eigenvalue weighted by atomic mass is 9.95. The van der Waals surface area contributed by atoms with Gasteiger partial charge in [0.2, 0.25) is 0 Å². The molecular formula is C30H40BrN3O4Si. The average Bonchev–Trinajstić information content (AvgIpc) is 3.28. The molecule has 1 aromatic heterocycles. The minimum absolute atomic E-state index is 0.0128. The minimum Gasteiger partial charge on any atom is -0.445 e. The molecule has 2 aromatic carbocycles. The molecule has 0 radical (unpaired) electrons. The Bertz CT molecular complexity index is 1320. The fourth-order valence-corrected chi connectivity index (χ4v) is 6.62. The summed E-state index contributed by atoms with van der Waals surface area (Å²) in [4.78, 5) is 33.2. The second kappa shape index (κ2) is 11.9. The van der Waals surface area contributed by atoms with Gasteiger partial charge in [-0.05, 0) is 71.0 Å². The van der Waals surface area contributed by atoms with Gasteiger partial charge in [0.05, 0.1) is 30.5 Å². The Morgan fingerprint density at radius 2 is 1.85 bits per heavy atom. The lowest BCUT2D eigenvalue weighted by Crippen LogP contribution is -2.56. The predicted octanol–water partition coefficient (Wildman–Crippen LogP) is 7.26. The van der Waals surface area contributed by atoms with Crippen LogP contribution in [0.25, 0.3) is 11.0 Å². The molecule has 0 spiro atoms. The number of amides is 1. The first kappa shape index (κ1) is 29.5. The topological polar surface area (TPSA) is 73.7 Å². The number of hydrogen-bond donors (Lipinski definition) is 0. The maximum Gasteiger partial charge on any atom is 0.410 e. The van der Waals surface area contributed by atoms with E-state index >= 15 is 0 Å². The number of hydrogen-bond acceptors (Lipinski definition) is 5. The number of Topliss-reactive ketones (excluding diaryl/α,β-unsaturated/α-hetero) is 1. The maximum atomic E-state index is 13.5. The Labute approximate surface area is 241 Å². The van der Waals surface area contributed by atoms with Gasteiger partial charge in [-0.15, -0.1) is 0 Å². The molecule has 1 amide bonds. The van der Waals surface area contributed by atoms with Gasteiger partial charge in [0.1, 0.15) is 12.1 Å². The number of halogens is 1. The largest absolute Gasteiger partial charge is 0.445 e. The molecule has 0 N–H and O–H groups in total. The molecule has 0 saturated carbocycles. The number of aryl methyl sites for hydroxylation is 1. The van der Waals surface area contributed by atoms with Gasteiger partial charge in [0, 0.05) is 17.4 Å². The highest BCUT2D eigenvalue weighted by molar-refractivity contribution is 9.10. The quantitative estimate of drug-likeness (QED) is 0.250. The van der Waals surface area contributed by atoms with Crippen molar-refractivity contribution < 1.29 is 18.8 Å². The number of fused-ring (bicyclic) bond motifs is 1. The van der Waals surface area contributed by atoms with Gasteiger partial charge in [-0.3, -0.25) is 4.79 Å². The van der Waals surface area contributed by atoms with Crippen molar-refractivity contribution in [3.8, 4) is 0 Å². The standard InChI is InChI=1S/C30H40BrN3O4Si/c1-21-14-15-24-28(27(21)31)32-20-33(24)18-23(35)17-25-26(38-39(5,6)30(2,3)4)13-10-16-34(25)29(36)37-19-22-11-8-7-9-12-22/h7-9,11-12,14-15,20,25-26H,10,13,16-19H2,1-6H3/t25-,26+/m1/s1. The molecule has 9 heteroatoms. The highest BCUT2D eigenvalue weighted by Crippen LogP contribution is 2.39. The van der Waals surface area contributed by atoms with Gasteiger partial charge in [0.15, 0.2) is 14.1 Å². The molecule has 1 aliphatic rings. The van der Waals surface area contributed by atoms with Crippen LogP contribution in [0.15, 0.2) is 53.3 Å². The molecule has 3 aromatic rings. The van der Waals surface area contributed by atoms with E-state index in [4.69, 9.17) is 9.16 Å². The summed E-state index contributed by atoms with van der Waals surface area (Å²) in [5, 5.41) is 0.0128. The summed E-state index contributed by atoms with van der Waals surface area (Å²) in [7, 11) is -2.14. The lowest BCUT2D eigenvalue weighted by molar-refractivity contribution is -0.122. The van der Waals surface area contributed by atoms with Gasteiger partial charge in [-0.1, -0.05) is 57.2 Å². The first-order valence-corrected chi connectivity index (χ1v) is 17.3. The van der Waals surface area contributed by atoms with E-state index in [1.165, 1.54) is 0 Å². The van der Waals surface area contributed by atoms with Crippen LogP contribution in [0.5, 0.6) is 0 Å². The van der Waals surface area contributed by atoms with Crippen molar-refractivity contribution in [1.29, 1.82) is 0 Å². The van der Waals surface area contributed by atoms with Gasteiger partial charge in [-0.2, -0.15) is 0 Å². The van der Waals surface area contributed by atoms with Gasteiger partial charge >= 0.3 is 6.09 Å². The summed E-state index contributed by atoms with van der Waals surface area (Å²) in [5.74, 6) is 0.0302. The third-order valence-electron chi connectivity index (χ3n) is 8.12. The van der Waals surface area contributed by atoms with Crippen LogP contribution in [0.4, 0.5) is 4.79 Å². The van der Waals surface area contributed by atoms with Crippen molar-refractivity contribution in [3.05, 3.63) is 64.4 Å². The molecule has 2 atom stereocenters. The lowest BCUT2D eigenvalue weighted by Gasteiger charge is -2.46. The number of nitrogens with zero attached hydrogens (tertiary/aromatic N) is 3. The van der Waals surface area contributed by atoms with Gasteiger partial charge in [0.25, 0.3) is 0 Å². The number of piperidine rings is 1. The molecule has 0 bridgehead atoms. The maximum absolute atomic E-state index is 13.5. The second-order valence-corrected chi connectivity index (χ2v) is 17.6. The van der Waals surface area contributed by atoms with Crippen LogP contribution in [0, 0.1) is 6.92 Å². The van der Waals surface area contributed by atoms with E-state index in [0.717, 1.165) is 39.5 Å². The number of ketones is 1. The van der Waals surface area contributed by atoms with E-state index in [2.05, 4.69) is 54.8 Å². The van der Waals surface area contributed by atoms with Crippen molar-refractivity contribution in [2.45, 2.75) is 90.4 Å². The molecule has 1 saturated heterocycles. The van der Waals surface area contributed by atoms with Crippen molar-refractivity contribution >= 4 is 47.2 Å². The van der Waals surface area contributed by atoms with Gasteiger partial charge in [-0.25, -0.2) is 9.78 Å². The molecule has 4 rings (SSSR count). The number of carbonyl (C=O) groups is 2. The zero-order chi connectivity index (χ0) is 28.4. The van der Waals surface area contributed by atoms with Crippen molar-refractivity contribution in [2.24, 2.45) is 0 Å². The van der Waals surface area contributed by atoms with Crippen molar-refractivity contribution in [2.75, 3.05) is 6.54 Å². The molecule has 210 valence electrons. The van der Waals surface area contributed by atoms with Crippen LogP contribution in [0.3, 0.4) is 0 Å². The van der Waals surface area contributed by atoms with E-state index in [-0.39, 0.29) is 42.5 Å². The highest BCUT2D eigenvalue weighted by atomic mass is 79.9. The summed E-state index contributed by atoms with van der Waals surface area (Å²) >= 11 is 3.62. The van der Waals surface area contributed by atoms with Crippen LogP contribution in [-0.2, 0) is 27.1 Å². The van der Waals surface area contributed by atoms with Crippen LogP contribution >= 0.6 is 15.9 Å². The summed E-state index contributed by atoms with van der Waals surface area (Å²) in [6.07, 6.45) is 2.92. The smallest absolute Gasteiger partial charge is 0.410 e. The first-order valence-electron chi connectivity index (χ1n) is 13.6. The number of aromatic nitrogens is 2. The fraction of sp³-hybridized carbons (Fsp3) is 0.500. The summed E-state index contributed by atoms with van der Waals surface area (Å²) in [5.41, 5.74) is 3.76. The molecule has 1 fully saturated rings. The SMILES string of the molecule is Cc1ccc2c(ncn2CC(=O)C[C@@H]2[C@@H](O[Si](C)(C)C(C)(C)C)CCCN2C(=O)OCc2ccccc2)c1Br. The zero-order valence-corrected chi connectivity index (χ0v) is 26.5. The Morgan fingerprint density at radius 3 is 2.54 bits per heavy atom. The van der Waals surface area contributed by atoms with E-state index < -0.39 is 14.4 Å². The molecule has 0 aliphatic carbocycles. The molecule has 39 heavy (non-hydrogen) atoms. The number of imidazole rings is 1. The third kappa shape index (κ3) is 6.81. The minimum atomic E-state index is -2.14. The van der Waals surface area contributed by atoms with Crippen LogP contribution in [-0.4, -0.2) is 53.3 Å². The average molecular weight is 615 g/mol. The first-order chi connectivity index (χ1) is 18.4. The second-order valence-electron chi connectivity index (χ2n) is 12.0. The summed E-state index contributed by atoms with van der Waals surface area (Å²) in [6.45, 7) is 14.0. The fourth-order valence-electron chi connectivity index (χ4n) is 4.80. The monoisotopic (exact) mass is 613 g/mol. The summed E-state index contributed by atoms with van der Waals surface area (Å²) < 4.78 is 15.4. The Hall–Kier alpha value is -2.49. The van der Waals surface area contributed by atoms with E-state index in [9.17, 15) is 9.59 Å². The Kier molecular flexibility index (Phi) is 9.03. The molecule has 0 unspecified atom stereocenters. The van der Waals surface area contributed by atoms with Crippen LogP contribution in [0.1, 0.15) is 51.2 Å². The molecule has 2 heterocycles. The van der Waals surface area contributed by atoms with Crippen LogP contribution in [0.2, 0.25) is 18.1 Å². The van der Waals surface area contributed by atoms with E-state index in [1.54, 1.807) is 11.2 Å². The normalized spacial score (nSPS) is 18.4. The number of rotatable bonds is 8. The van der Waals surface area contributed by atoms with Crippen molar-refractivity contribution in [1.82, 2.24) is 14.5 Å². The highest BCUT2D eigenvalue weighted by Gasteiger charge is 2.44. The Balaban J connectivity index is 1.55. The van der Waals surface area contributed by atoms with E-state index in [0.29, 0.717) is 6.54 Å². The molecule has 7 nitrogen and oxygen atoms in total. The molecule has 1 aliphatic heterocycles.